The normalized spacial score (nSPS) is 15.6. The van der Waals surface area contributed by atoms with E-state index >= 15 is 0 Å². The van der Waals surface area contributed by atoms with Gasteiger partial charge in [0.05, 0.1) is 0 Å². The van der Waals surface area contributed by atoms with Gasteiger partial charge in [0.2, 0.25) is 5.91 Å². The van der Waals surface area contributed by atoms with Gasteiger partial charge in [0.25, 0.3) is 0 Å². The molecule has 0 radical (unpaired) electrons. The summed E-state index contributed by atoms with van der Waals surface area (Å²) in [7, 11) is 0. The van der Waals surface area contributed by atoms with Gasteiger partial charge in [0.15, 0.2) is 0 Å². The summed E-state index contributed by atoms with van der Waals surface area (Å²) in [5.41, 5.74) is 0.248. The van der Waals surface area contributed by atoms with E-state index < -0.39 is 0 Å². The van der Waals surface area contributed by atoms with Crippen molar-refractivity contribution in [3.05, 3.63) is 0 Å². The first-order valence-corrected chi connectivity index (χ1v) is 6.27. The van der Waals surface area contributed by atoms with E-state index in [9.17, 15) is 4.79 Å². The molecule has 0 saturated heterocycles. The first kappa shape index (κ1) is 15.4. The maximum absolute atomic E-state index is 11.7. The van der Waals surface area contributed by atoms with Gasteiger partial charge < -0.3 is 10.6 Å². The molecule has 2 unspecified atom stereocenters. The first-order valence-electron chi connectivity index (χ1n) is 6.27. The average Bonchev–Trinajstić information content (AvgIpc) is 2.20. The lowest BCUT2D eigenvalue weighted by atomic mass is 9.82. The zero-order valence-corrected chi connectivity index (χ0v) is 11.7. The van der Waals surface area contributed by atoms with E-state index in [1.807, 2.05) is 13.8 Å². The molecule has 96 valence electrons. The fourth-order valence-corrected chi connectivity index (χ4v) is 1.19. The molecule has 3 heteroatoms. The minimum Gasteiger partial charge on any atom is -0.356 e. The van der Waals surface area contributed by atoms with Crippen LogP contribution in [0.15, 0.2) is 0 Å². The monoisotopic (exact) mass is 228 g/mol. The van der Waals surface area contributed by atoms with Gasteiger partial charge in [-0.25, -0.2) is 0 Å². The van der Waals surface area contributed by atoms with E-state index in [4.69, 9.17) is 0 Å². The highest BCUT2D eigenvalue weighted by atomic mass is 16.1. The molecule has 0 bridgehead atoms. The van der Waals surface area contributed by atoms with Crippen LogP contribution in [-0.2, 0) is 4.79 Å². The van der Waals surface area contributed by atoms with Crippen LogP contribution in [0.25, 0.3) is 0 Å². The molecule has 1 amide bonds. The fraction of sp³-hybridized carbons (Fsp3) is 0.923. The predicted molar refractivity (Wildman–Crippen MR) is 69.3 cm³/mol. The van der Waals surface area contributed by atoms with Gasteiger partial charge in [-0.1, -0.05) is 41.5 Å². The zero-order chi connectivity index (χ0) is 12.8. The van der Waals surface area contributed by atoms with Gasteiger partial charge in [-0.3, -0.25) is 4.79 Å². The number of carbonyl (C=O) groups is 1. The third-order valence-electron chi connectivity index (χ3n) is 3.21. The Morgan fingerprint density at radius 2 is 1.75 bits per heavy atom. The topological polar surface area (TPSA) is 41.1 Å². The third kappa shape index (κ3) is 6.11. The van der Waals surface area contributed by atoms with Crippen LogP contribution < -0.4 is 10.6 Å². The van der Waals surface area contributed by atoms with Crippen LogP contribution >= 0.6 is 0 Å². The molecule has 0 aliphatic carbocycles. The lowest BCUT2D eigenvalue weighted by molar-refractivity contribution is -0.124. The van der Waals surface area contributed by atoms with Gasteiger partial charge in [-0.05, 0) is 17.9 Å². The molecule has 0 saturated carbocycles. The Hall–Kier alpha value is -0.570. The molecular formula is C13H28N2O. The van der Waals surface area contributed by atoms with Crippen LogP contribution in [0, 0.1) is 17.3 Å². The smallest absolute Gasteiger partial charge is 0.224 e. The largest absolute Gasteiger partial charge is 0.356 e. The van der Waals surface area contributed by atoms with Gasteiger partial charge in [0, 0.05) is 19.0 Å². The van der Waals surface area contributed by atoms with Crippen molar-refractivity contribution in [2.45, 2.75) is 41.5 Å². The first-order chi connectivity index (χ1) is 7.29. The summed E-state index contributed by atoms with van der Waals surface area (Å²) in [5.74, 6) is 0.687. The molecule has 3 nitrogen and oxygen atoms in total. The number of hydrogen-bond donors (Lipinski definition) is 2. The molecular weight excluding hydrogens is 200 g/mol. The average molecular weight is 228 g/mol. The van der Waals surface area contributed by atoms with Crippen LogP contribution in [0.4, 0.5) is 0 Å². The van der Waals surface area contributed by atoms with Crippen LogP contribution in [-0.4, -0.2) is 25.5 Å². The molecule has 0 aromatic carbocycles. The molecule has 0 fully saturated rings. The molecule has 0 spiro atoms. The maximum Gasteiger partial charge on any atom is 0.224 e. The standard InChI is InChI=1S/C13H28N2O/c1-7-14-8-10(2)12(16)15-9-11(3)13(4,5)6/h10-11,14H,7-9H2,1-6H3,(H,15,16). The highest BCUT2D eigenvalue weighted by Gasteiger charge is 2.21. The van der Waals surface area contributed by atoms with Crippen molar-refractivity contribution in [3.63, 3.8) is 0 Å². The summed E-state index contributed by atoms with van der Waals surface area (Å²) < 4.78 is 0. The summed E-state index contributed by atoms with van der Waals surface area (Å²) in [6.45, 7) is 15.2. The summed E-state index contributed by atoms with van der Waals surface area (Å²) >= 11 is 0. The second-order valence-electron chi connectivity index (χ2n) is 5.72. The Morgan fingerprint density at radius 3 is 2.19 bits per heavy atom. The quantitative estimate of drug-likeness (QED) is 0.730. The summed E-state index contributed by atoms with van der Waals surface area (Å²) in [6.07, 6.45) is 0. The van der Waals surface area contributed by atoms with Crippen LogP contribution in [0.2, 0.25) is 0 Å². The fourth-order valence-electron chi connectivity index (χ4n) is 1.19. The van der Waals surface area contributed by atoms with E-state index in [-0.39, 0.29) is 17.2 Å². The van der Waals surface area contributed by atoms with E-state index in [2.05, 4.69) is 38.3 Å². The summed E-state index contributed by atoms with van der Waals surface area (Å²) in [4.78, 5) is 11.7. The van der Waals surface area contributed by atoms with E-state index in [0.717, 1.165) is 19.6 Å². The van der Waals surface area contributed by atoms with Gasteiger partial charge in [0.1, 0.15) is 0 Å². The van der Waals surface area contributed by atoms with Crippen molar-refractivity contribution in [2.75, 3.05) is 19.6 Å². The van der Waals surface area contributed by atoms with E-state index in [0.29, 0.717) is 5.92 Å². The Morgan fingerprint density at radius 1 is 1.19 bits per heavy atom. The lowest BCUT2D eigenvalue weighted by Crippen LogP contribution is -2.39. The number of carbonyl (C=O) groups excluding carboxylic acids is 1. The minimum absolute atomic E-state index is 0.0483. The Bertz CT molecular complexity index is 208. The second-order valence-corrected chi connectivity index (χ2v) is 5.72. The van der Waals surface area contributed by atoms with Gasteiger partial charge in [-0.15, -0.1) is 0 Å². The Labute approximate surface area is 100 Å². The minimum atomic E-state index is 0.0483. The molecule has 0 aliphatic heterocycles. The van der Waals surface area contributed by atoms with Crippen molar-refractivity contribution in [1.82, 2.24) is 10.6 Å². The Kier molecular flexibility index (Phi) is 6.65. The molecule has 2 atom stereocenters. The van der Waals surface area contributed by atoms with E-state index in [1.54, 1.807) is 0 Å². The number of amides is 1. The van der Waals surface area contributed by atoms with Crippen LogP contribution in [0.5, 0.6) is 0 Å². The van der Waals surface area contributed by atoms with E-state index in [1.165, 1.54) is 0 Å². The van der Waals surface area contributed by atoms with Crippen molar-refractivity contribution in [3.8, 4) is 0 Å². The molecule has 16 heavy (non-hydrogen) atoms. The van der Waals surface area contributed by atoms with Crippen LogP contribution in [0.3, 0.4) is 0 Å². The lowest BCUT2D eigenvalue weighted by Gasteiger charge is -2.27. The van der Waals surface area contributed by atoms with Crippen molar-refractivity contribution in [2.24, 2.45) is 17.3 Å². The molecule has 0 heterocycles. The van der Waals surface area contributed by atoms with Crippen LogP contribution in [0.1, 0.15) is 41.5 Å². The third-order valence-corrected chi connectivity index (χ3v) is 3.21. The molecule has 0 rings (SSSR count). The molecule has 0 aromatic heterocycles. The van der Waals surface area contributed by atoms with Gasteiger partial charge >= 0.3 is 0 Å². The predicted octanol–water partition coefficient (Wildman–Crippen LogP) is 2.03. The highest BCUT2D eigenvalue weighted by Crippen LogP contribution is 2.24. The van der Waals surface area contributed by atoms with Crippen molar-refractivity contribution in [1.29, 1.82) is 0 Å². The Balaban J connectivity index is 3.89. The molecule has 0 aromatic rings. The molecule has 0 aliphatic rings. The summed E-state index contributed by atoms with van der Waals surface area (Å²) in [5, 5.41) is 6.20. The number of rotatable bonds is 6. The van der Waals surface area contributed by atoms with Crippen molar-refractivity contribution >= 4 is 5.91 Å². The zero-order valence-electron chi connectivity index (χ0n) is 11.7. The van der Waals surface area contributed by atoms with Crippen molar-refractivity contribution < 1.29 is 4.79 Å². The maximum atomic E-state index is 11.7. The highest BCUT2D eigenvalue weighted by molar-refractivity contribution is 5.78. The molecule has 2 N–H and O–H groups in total. The summed E-state index contributed by atoms with van der Waals surface area (Å²) in [6, 6.07) is 0. The SMILES string of the molecule is CCNCC(C)C(=O)NCC(C)C(C)(C)C. The second kappa shape index (κ2) is 6.89. The number of nitrogens with one attached hydrogen (secondary N) is 2. The number of hydrogen-bond acceptors (Lipinski definition) is 2. The van der Waals surface area contributed by atoms with Gasteiger partial charge in [-0.2, -0.15) is 0 Å².